The predicted octanol–water partition coefficient (Wildman–Crippen LogP) is 2.84. The molecule has 1 aliphatic heterocycles. The summed E-state index contributed by atoms with van der Waals surface area (Å²) in [6.07, 6.45) is 5.11. The fourth-order valence-electron chi connectivity index (χ4n) is 1.54. The van der Waals surface area contributed by atoms with Crippen LogP contribution in [0.15, 0.2) is 10.7 Å². The number of nitrogens with zero attached hydrogens (tertiary/aromatic N) is 2. The van der Waals surface area contributed by atoms with Crippen molar-refractivity contribution in [1.29, 1.82) is 0 Å². The Morgan fingerprint density at radius 1 is 1.56 bits per heavy atom. The van der Waals surface area contributed by atoms with Crippen LogP contribution in [-0.2, 0) is 4.74 Å². The van der Waals surface area contributed by atoms with Crippen molar-refractivity contribution in [1.82, 2.24) is 9.97 Å². The van der Waals surface area contributed by atoms with Gasteiger partial charge in [0, 0.05) is 12.8 Å². The number of aromatic nitrogens is 2. The zero-order valence-electron chi connectivity index (χ0n) is 8.66. The fourth-order valence-corrected chi connectivity index (χ4v) is 1.97. The molecule has 1 aromatic rings. The molecule has 6 heteroatoms. The van der Waals surface area contributed by atoms with Crippen LogP contribution in [0.1, 0.15) is 19.3 Å². The van der Waals surface area contributed by atoms with Crippen molar-refractivity contribution in [2.75, 3.05) is 13.2 Å². The second-order valence-corrected chi connectivity index (χ2v) is 4.78. The summed E-state index contributed by atoms with van der Waals surface area (Å²) in [4.78, 5) is 7.82. The first kappa shape index (κ1) is 12.1. The molecule has 88 valence electrons. The van der Waals surface area contributed by atoms with Crippen LogP contribution in [-0.4, -0.2) is 29.3 Å². The fraction of sp³-hybridized carbons (Fsp3) is 0.600. The minimum Gasteiger partial charge on any atom is -0.474 e. The topological polar surface area (TPSA) is 44.2 Å². The van der Waals surface area contributed by atoms with Gasteiger partial charge in [0.2, 0.25) is 11.2 Å². The third-order valence-electron chi connectivity index (χ3n) is 2.36. The Bertz CT molecular complexity index is 359. The maximum absolute atomic E-state index is 5.68. The lowest BCUT2D eigenvalue weighted by Crippen LogP contribution is -2.26. The van der Waals surface area contributed by atoms with Gasteiger partial charge in [-0.05, 0) is 46.8 Å². The van der Waals surface area contributed by atoms with Crippen LogP contribution >= 0.6 is 27.5 Å². The highest BCUT2D eigenvalue weighted by Crippen LogP contribution is 2.23. The van der Waals surface area contributed by atoms with Gasteiger partial charge in [0.15, 0.2) is 0 Å². The van der Waals surface area contributed by atoms with E-state index in [1.165, 1.54) is 6.42 Å². The van der Waals surface area contributed by atoms with Crippen LogP contribution in [0.4, 0.5) is 0 Å². The maximum Gasteiger partial charge on any atom is 0.232 e. The Labute approximate surface area is 107 Å². The largest absolute Gasteiger partial charge is 0.474 e. The molecule has 1 aliphatic rings. The molecule has 0 aliphatic carbocycles. The Balaban J connectivity index is 1.90. The van der Waals surface area contributed by atoms with Gasteiger partial charge in [-0.3, -0.25) is 0 Å². The summed E-state index contributed by atoms with van der Waals surface area (Å²) in [6.45, 7) is 1.33. The highest BCUT2D eigenvalue weighted by molar-refractivity contribution is 9.10. The molecule has 16 heavy (non-hydrogen) atoms. The molecule has 2 heterocycles. The zero-order valence-corrected chi connectivity index (χ0v) is 11.0. The molecule has 1 fully saturated rings. The molecule has 0 saturated carbocycles. The molecule has 0 unspecified atom stereocenters. The second kappa shape index (κ2) is 5.80. The maximum atomic E-state index is 5.68. The molecule has 1 saturated heterocycles. The molecular formula is C10H12BrClN2O2. The van der Waals surface area contributed by atoms with E-state index < -0.39 is 0 Å². The van der Waals surface area contributed by atoms with Crippen LogP contribution in [0.3, 0.4) is 0 Å². The molecule has 0 bridgehead atoms. The number of hydrogen-bond acceptors (Lipinski definition) is 4. The summed E-state index contributed by atoms with van der Waals surface area (Å²) in [5, 5.41) is 0.183. The Kier molecular flexibility index (Phi) is 4.37. The van der Waals surface area contributed by atoms with E-state index in [0.717, 1.165) is 19.4 Å². The minimum atomic E-state index is 0.161. The van der Waals surface area contributed by atoms with Crippen molar-refractivity contribution in [2.24, 2.45) is 0 Å². The summed E-state index contributed by atoms with van der Waals surface area (Å²) in [5.74, 6) is 0.467. The van der Waals surface area contributed by atoms with Gasteiger partial charge in [0.25, 0.3) is 0 Å². The predicted molar refractivity (Wildman–Crippen MR) is 63.8 cm³/mol. The van der Waals surface area contributed by atoms with Gasteiger partial charge in [-0.1, -0.05) is 0 Å². The molecule has 0 amide bonds. The summed E-state index contributed by atoms with van der Waals surface area (Å²) >= 11 is 8.99. The van der Waals surface area contributed by atoms with Gasteiger partial charge in [0.05, 0.1) is 10.6 Å². The molecule has 1 atom stereocenters. The molecule has 2 rings (SSSR count). The standard InChI is InChI=1S/C10H12BrClN2O2/c11-8-5-13-10(12)14-9(8)16-6-7-3-1-2-4-15-7/h5,7H,1-4,6H2/t7-/m1/s1. The first-order chi connectivity index (χ1) is 7.75. The molecule has 1 aromatic heterocycles. The van der Waals surface area contributed by atoms with E-state index in [-0.39, 0.29) is 11.4 Å². The summed E-state index contributed by atoms with van der Waals surface area (Å²) in [7, 11) is 0. The molecule has 4 nitrogen and oxygen atoms in total. The van der Waals surface area contributed by atoms with E-state index in [1.54, 1.807) is 6.20 Å². The van der Waals surface area contributed by atoms with Gasteiger partial charge in [-0.15, -0.1) is 0 Å². The van der Waals surface area contributed by atoms with Crippen LogP contribution in [0.2, 0.25) is 5.28 Å². The Morgan fingerprint density at radius 2 is 2.44 bits per heavy atom. The van der Waals surface area contributed by atoms with E-state index in [9.17, 15) is 0 Å². The third-order valence-corrected chi connectivity index (χ3v) is 3.09. The van der Waals surface area contributed by atoms with Crippen molar-refractivity contribution in [3.8, 4) is 5.88 Å². The number of hydrogen-bond donors (Lipinski definition) is 0. The van der Waals surface area contributed by atoms with Crippen LogP contribution in [0, 0.1) is 0 Å². The summed E-state index contributed by atoms with van der Waals surface area (Å²) in [5.41, 5.74) is 0. The quantitative estimate of drug-likeness (QED) is 0.806. The first-order valence-electron chi connectivity index (χ1n) is 5.18. The molecule has 0 radical (unpaired) electrons. The zero-order chi connectivity index (χ0) is 11.4. The van der Waals surface area contributed by atoms with Crippen molar-refractivity contribution in [3.05, 3.63) is 16.0 Å². The summed E-state index contributed by atoms with van der Waals surface area (Å²) < 4.78 is 11.8. The van der Waals surface area contributed by atoms with Crippen molar-refractivity contribution < 1.29 is 9.47 Å². The van der Waals surface area contributed by atoms with Gasteiger partial charge in [-0.25, -0.2) is 4.98 Å². The molecular weight excluding hydrogens is 295 g/mol. The third kappa shape index (κ3) is 3.30. The van der Waals surface area contributed by atoms with Gasteiger partial charge >= 0.3 is 0 Å². The van der Waals surface area contributed by atoms with Crippen molar-refractivity contribution >= 4 is 27.5 Å². The lowest BCUT2D eigenvalue weighted by Gasteiger charge is -2.22. The van der Waals surface area contributed by atoms with Gasteiger partial charge in [-0.2, -0.15) is 4.98 Å². The van der Waals surface area contributed by atoms with Gasteiger partial charge in [0.1, 0.15) is 6.61 Å². The SMILES string of the molecule is Clc1ncc(Br)c(OC[C@H]2CCCCO2)n1. The van der Waals surface area contributed by atoms with E-state index in [2.05, 4.69) is 25.9 Å². The van der Waals surface area contributed by atoms with Crippen LogP contribution < -0.4 is 4.74 Å². The monoisotopic (exact) mass is 306 g/mol. The second-order valence-electron chi connectivity index (χ2n) is 3.59. The van der Waals surface area contributed by atoms with E-state index >= 15 is 0 Å². The van der Waals surface area contributed by atoms with Gasteiger partial charge < -0.3 is 9.47 Å². The molecule has 0 spiro atoms. The van der Waals surface area contributed by atoms with E-state index in [1.807, 2.05) is 0 Å². The lowest BCUT2D eigenvalue weighted by molar-refractivity contribution is -0.0121. The molecule has 0 aromatic carbocycles. The minimum absolute atomic E-state index is 0.161. The van der Waals surface area contributed by atoms with Crippen molar-refractivity contribution in [3.63, 3.8) is 0 Å². The first-order valence-corrected chi connectivity index (χ1v) is 6.35. The highest BCUT2D eigenvalue weighted by Gasteiger charge is 2.15. The highest BCUT2D eigenvalue weighted by atomic mass is 79.9. The smallest absolute Gasteiger partial charge is 0.232 e. The number of ether oxygens (including phenoxy) is 2. The number of rotatable bonds is 3. The lowest BCUT2D eigenvalue weighted by atomic mass is 10.1. The van der Waals surface area contributed by atoms with Crippen LogP contribution in [0.25, 0.3) is 0 Å². The van der Waals surface area contributed by atoms with Crippen LogP contribution in [0.5, 0.6) is 5.88 Å². The Hall–Kier alpha value is -0.390. The average molecular weight is 308 g/mol. The van der Waals surface area contributed by atoms with Crippen molar-refractivity contribution in [2.45, 2.75) is 25.4 Å². The van der Waals surface area contributed by atoms with E-state index in [4.69, 9.17) is 21.1 Å². The number of halogens is 2. The summed E-state index contributed by atoms with van der Waals surface area (Å²) in [6, 6.07) is 0. The Morgan fingerprint density at radius 3 is 3.19 bits per heavy atom. The normalized spacial score (nSPS) is 20.8. The van der Waals surface area contributed by atoms with E-state index in [0.29, 0.717) is 17.0 Å². The average Bonchev–Trinajstić information content (AvgIpc) is 2.32. The molecule has 0 N–H and O–H groups in total.